The molecule has 0 heterocycles. The van der Waals surface area contributed by atoms with Gasteiger partial charge in [-0.25, -0.2) is 4.39 Å². The van der Waals surface area contributed by atoms with Gasteiger partial charge in [-0.15, -0.1) is 0 Å². The Morgan fingerprint density at radius 3 is 3.00 bits per heavy atom. The monoisotopic (exact) mass is 209 g/mol. The summed E-state index contributed by atoms with van der Waals surface area (Å²) >= 11 is 0. The van der Waals surface area contributed by atoms with Crippen LogP contribution in [0.3, 0.4) is 0 Å². The molecule has 0 aliphatic heterocycles. The Bertz CT molecular complexity index is 353. The normalized spacial score (nSPS) is 24.1. The van der Waals surface area contributed by atoms with Crippen LogP contribution in [0.25, 0.3) is 0 Å². The number of halogens is 1. The van der Waals surface area contributed by atoms with Crippen molar-refractivity contribution in [1.29, 1.82) is 0 Å². The molecule has 2 nitrogen and oxygen atoms in total. The minimum Gasteiger partial charge on any atom is -0.505 e. The molecule has 3 heteroatoms. The van der Waals surface area contributed by atoms with Gasteiger partial charge in [0.05, 0.1) is 0 Å². The Morgan fingerprint density at radius 2 is 2.33 bits per heavy atom. The number of hydrogen-bond acceptors (Lipinski definition) is 2. The third-order valence-electron chi connectivity index (χ3n) is 3.07. The largest absolute Gasteiger partial charge is 0.505 e. The SMILES string of the molecule is CCC1CC1NCc1cccc(F)c1O. The van der Waals surface area contributed by atoms with Crippen molar-refractivity contribution in [2.45, 2.75) is 32.4 Å². The standard InChI is InChI=1S/C12H16FNO/c1-2-8-6-11(8)14-7-9-4-3-5-10(13)12(9)15/h3-5,8,11,14-15H,2,6-7H2,1H3. The lowest BCUT2D eigenvalue weighted by Gasteiger charge is -2.06. The lowest BCUT2D eigenvalue weighted by Crippen LogP contribution is -2.17. The fourth-order valence-corrected chi connectivity index (χ4v) is 1.89. The zero-order chi connectivity index (χ0) is 10.8. The van der Waals surface area contributed by atoms with Crippen LogP contribution in [0.15, 0.2) is 18.2 Å². The summed E-state index contributed by atoms with van der Waals surface area (Å²) in [5.41, 5.74) is 0.636. The summed E-state index contributed by atoms with van der Waals surface area (Å²) in [6, 6.07) is 5.19. The molecule has 15 heavy (non-hydrogen) atoms. The Labute approximate surface area is 89.1 Å². The molecule has 0 saturated heterocycles. The quantitative estimate of drug-likeness (QED) is 0.798. The summed E-state index contributed by atoms with van der Waals surface area (Å²) in [6.45, 7) is 2.72. The molecule has 0 radical (unpaired) electrons. The fourth-order valence-electron chi connectivity index (χ4n) is 1.89. The van der Waals surface area contributed by atoms with Crippen LogP contribution in [0.2, 0.25) is 0 Å². The van der Waals surface area contributed by atoms with E-state index in [0.29, 0.717) is 18.2 Å². The number of hydrogen-bond donors (Lipinski definition) is 2. The molecular formula is C12H16FNO. The Morgan fingerprint density at radius 1 is 1.53 bits per heavy atom. The Hall–Kier alpha value is -1.09. The molecule has 1 aromatic carbocycles. The highest BCUT2D eigenvalue weighted by Crippen LogP contribution is 2.33. The molecule has 1 aromatic rings. The van der Waals surface area contributed by atoms with Crippen LogP contribution in [0.4, 0.5) is 4.39 Å². The predicted molar refractivity (Wildman–Crippen MR) is 57.1 cm³/mol. The molecule has 2 atom stereocenters. The van der Waals surface area contributed by atoms with Gasteiger partial charge in [0.1, 0.15) is 0 Å². The molecule has 0 bridgehead atoms. The molecule has 1 aliphatic carbocycles. The van der Waals surface area contributed by atoms with E-state index in [0.717, 1.165) is 5.92 Å². The van der Waals surface area contributed by atoms with Crippen LogP contribution in [-0.4, -0.2) is 11.1 Å². The van der Waals surface area contributed by atoms with Crippen LogP contribution >= 0.6 is 0 Å². The maximum atomic E-state index is 13.0. The van der Waals surface area contributed by atoms with E-state index >= 15 is 0 Å². The maximum Gasteiger partial charge on any atom is 0.165 e. The third kappa shape index (κ3) is 2.29. The molecule has 2 N–H and O–H groups in total. The van der Waals surface area contributed by atoms with E-state index in [1.807, 2.05) is 0 Å². The fraction of sp³-hybridized carbons (Fsp3) is 0.500. The summed E-state index contributed by atoms with van der Waals surface area (Å²) < 4.78 is 13.0. The highest BCUT2D eigenvalue weighted by Gasteiger charge is 2.34. The van der Waals surface area contributed by atoms with Gasteiger partial charge in [-0.2, -0.15) is 0 Å². The van der Waals surface area contributed by atoms with Crippen molar-refractivity contribution < 1.29 is 9.50 Å². The highest BCUT2D eigenvalue weighted by molar-refractivity contribution is 5.33. The van der Waals surface area contributed by atoms with E-state index in [4.69, 9.17) is 0 Å². The number of rotatable bonds is 4. The molecular weight excluding hydrogens is 193 g/mol. The summed E-state index contributed by atoms with van der Waals surface area (Å²) in [4.78, 5) is 0. The van der Waals surface area contributed by atoms with E-state index in [9.17, 15) is 9.50 Å². The zero-order valence-corrected chi connectivity index (χ0v) is 8.83. The van der Waals surface area contributed by atoms with Crippen molar-refractivity contribution in [3.63, 3.8) is 0 Å². The number of phenols is 1. The van der Waals surface area contributed by atoms with Crippen LogP contribution in [0, 0.1) is 11.7 Å². The molecule has 2 unspecified atom stereocenters. The minimum atomic E-state index is -0.544. The van der Waals surface area contributed by atoms with Crippen LogP contribution in [0.1, 0.15) is 25.3 Å². The van der Waals surface area contributed by atoms with Gasteiger partial charge in [0.2, 0.25) is 0 Å². The van der Waals surface area contributed by atoms with E-state index in [1.165, 1.54) is 18.9 Å². The summed E-state index contributed by atoms with van der Waals surface area (Å²) in [6.07, 6.45) is 2.39. The molecule has 0 amide bonds. The average Bonchev–Trinajstić information content (AvgIpc) is 2.99. The van der Waals surface area contributed by atoms with Gasteiger partial charge < -0.3 is 10.4 Å². The summed E-state index contributed by atoms with van der Waals surface area (Å²) in [5, 5.41) is 12.8. The first-order valence-corrected chi connectivity index (χ1v) is 5.42. The first kappa shape index (κ1) is 10.4. The van der Waals surface area contributed by atoms with Crippen molar-refractivity contribution in [3.05, 3.63) is 29.6 Å². The van der Waals surface area contributed by atoms with E-state index in [2.05, 4.69) is 12.2 Å². The van der Waals surface area contributed by atoms with Crippen molar-refractivity contribution in [2.75, 3.05) is 0 Å². The molecule has 1 aliphatic rings. The predicted octanol–water partition coefficient (Wildman–Crippen LogP) is 2.42. The lowest BCUT2D eigenvalue weighted by atomic mass is 10.2. The van der Waals surface area contributed by atoms with Crippen molar-refractivity contribution in [3.8, 4) is 5.75 Å². The van der Waals surface area contributed by atoms with Crippen molar-refractivity contribution in [2.24, 2.45) is 5.92 Å². The molecule has 0 spiro atoms. The number of phenolic OH excluding ortho intramolecular Hbond substituents is 1. The number of para-hydroxylation sites is 1. The van der Waals surface area contributed by atoms with Gasteiger partial charge in [-0.1, -0.05) is 25.5 Å². The minimum absolute atomic E-state index is 0.223. The number of aromatic hydroxyl groups is 1. The van der Waals surface area contributed by atoms with Crippen LogP contribution in [-0.2, 0) is 6.54 Å². The van der Waals surface area contributed by atoms with Crippen LogP contribution < -0.4 is 5.32 Å². The smallest absolute Gasteiger partial charge is 0.165 e. The zero-order valence-electron chi connectivity index (χ0n) is 8.83. The average molecular weight is 209 g/mol. The maximum absolute atomic E-state index is 13.0. The van der Waals surface area contributed by atoms with Gasteiger partial charge in [-0.05, 0) is 18.4 Å². The van der Waals surface area contributed by atoms with Crippen molar-refractivity contribution in [1.82, 2.24) is 5.32 Å². The van der Waals surface area contributed by atoms with Gasteiger partial charge >= 0.3 is 0 Å². The highest BCUT2D eigenvalue weighted by atomic mass is 19.1. The Balaban J connectivity index is 1.91. The second-order valence-corrected chi connectivity index (χ2v) is 4.14. The van der Waals surface area contributed by atoms with Crippen LogP contribution in [0.5, 0.6) is 5.75 Å². The van der Waals surface area contributed by atoms with Gasteiger partial charge in [-0.3, -0.25) is 0 Å². The van der Waals surface area contributed by atoms with E-state index in [-0.39, 0.29) is 5.75 Å². The molecule has 1 fully saturated rings. The summed E-state index contributed by atoms with van der Waals surface area (Å²) in [5.74, 6) is -0.00320. The summed E-state index contributed by atoms with van der Waals surface area (Å²) in [7, 11) is 0. The number of benzene rings is 1. The lowest BCUT2D eigenvalue weighted by molar-refractivity contribution is 0.422. The second kappa shape index (κ2) is 4.19. The van der Waals surface area contributed by atoms with Gasteiger partial charge in [0.15, 0.2) is 11.6 Å². The first-order chi connectivity index (χ1) is 7.22. The molecule has 1 saturated carbocycles. The molecule has 2 rings (SSSR count). The van der Waals surface area contributed by atoms with Crippen molar-refractivity contribution >= 4 is 0 Å². The van der Waals surface area contributed by atoms with E-state index in [1.54, 1.807) is 12.1 Å². The van der Waals surface area contributed by atoms with Gasteiger partial charge in [0.25, 0.3) is 0 Å². The third-order valence-corrected chi connectivity index (χ3v) is 3.07. The van der Waals surface area contributed by atoms with E-state index < -0.39 is 5.82 Å². The Kier molecular flexibility index (Phi) is 2.91. The molecule has 0 aromatic heterocycles. The number of nitrogens with one attached hydrogen (secondary N) is 1. The topological polar surface area (TPSA) is 32.3 Å². The second-order valence-electron chi connectivity index (χ2n) is 4.14. The molecule has 82 valence electrons. The van der Waals surface area contributed by atoms with Gasteiger partial charge in [0, 0.05) is 18.2 Å². The first-order valence-electron chi connectivity index (χ1n) is 5.42.